The van der Waals surface area contributed by atoms with Crippen molar-refractivity contribution in [2.24, 2.45) is 0 Å². The number of rotatable bonds is 2. The Labute approximate surface area is 89.5 Å². The van der Waals surface area contributed by atoms with Crippen LogP contribution < -0.4 is 0 Å². The maximum atomic E-state index is 9.57. The van der Waals surface area contributed by atoms with Crippen molar-refractivity contribution < 1.29 is 5.11 Å². The number of aliphatic hydroxyl groups excluding tert-OH is 1. The topological polar surface area (TPSA) is 20.2 Å². The number of benzene rings is 1. The molecule has 1 aromatic carbocycles. The van der Waals surface area contributed by atoms with Gasteiger partial charge in [-0.25, -0.2) is 0 Å². The highest BCUT2D eigenvalue weighted by molar-refractivity contribution is 8.00. The van der Waals surface area contributed by atoms with E-state index < -0.39 is 0 Å². The van der Waals surface area contributed by atoms with Gasteiger partial charge in [0.15, 0.2) is 0 Å². The van der Waals surface area contributed by atoms with Gasteiger partial charge >= 0.3 is 0 Å². The highest BCUT2D eigenvalue weighted by atomic mass is 32.2. The van der Waals surface area contributed by atoms with E-state index in [9.17, 15) is 5.11 Å². The molecule has 1 aromatic rings. The van der Waals surface area contributed by atoms with Crippen LogP contribution in [-0.2, 0) is 4.75 Å². The van der Waals surface area contributed by atoms with Crippen molar-refractivity contribution in [3.05, 3.63) is 35.9 Å². The Kier molecular flexibility index (Phi) is 3.14. The third-order valence-corrected chi connectivity index (χ3v) is 4.52. The first kappa shape index (κ1) is 10.1. The molecule has 0 saturated carbocycles. The van der Waals surface area contributed by atoms with E-state index in [0.29, 0.717) is 0 Å². The van der Waals surface area contributed by atoms with Crippen LogP contribution in [0, 0.1) is 0 Å². The van der Waals surface area contributed by atoms with E-state index in [1.54, 1.807) is 0 Å². The molecule has 1 N–H and O–H groups in total. The summed E-state index contributed by atoms with van der Waals surface area (Å²) in [7, 11) is 0. The van der Waals surface area contributed by atoms with Gasteiger partial charge in [0, 0.05) is 0 Å². The molecular weight excluding hydrogens is 192 g/mol. The van der Waals surface area contributed by atoms with Gasteiger partial charge in [0.25, 0.3) is 0 Å². The van der Waals surface area contributed by atoms with Gasteiger partial charge < -0.3 is 5.11 Å². The molecule has 1 saturated heterocycles. The van der Waals surface area contributed by atoms with Crippen LogP contribution in [0.5, 0.6) is 0 Å². The molecular formula is C12H16OS. The maximum absolute atomic E-state index is 9.57. The van der Waals surface area contributed by atoms with Gasteiger partial charge in [-0.1, -0.05) is 36.8 Å². The zero-order valence-electron chi connectivity index (χ0n) is 8.28. The third kappa shape index (κ3) is 1.82. The monoisotopic (exact) mass is 208 g/mol. The van der Waals surface area contributed by atoms with E-state index in [2.05, 4.69) is 24.3 Å². The molecule has 2 rings (SSSR count). The van der Waals surface area contributed by atoms with Crippen molar-refractivity contribution in [1.29, 1.82) is 0 Å². The summed E-state index contributed by atoms with van der Waals surface area (Å²) in [6, 6.07) is 10.4. The summed E-state index contributed by atoms with van der Waals surface area (Å²) in [5.41, 5.74) is 1.28. The van der Waals surface area contributed by atoms with Crippen LogP contribution in [0.2, 0.25) is 0 Å². The molecule has 0 spiro atoms. The molecule has 0 radical (unpaired) electrons. The summed E-state index contributed by atoms with van der Waals surface area (Å²) < 4.78 is -0.0144. The normalized spacial score (nSPS) is 27.5. The minimum Gasteiger partial charge on any atom is -0.395 e. The van der Waals surface area contributed by atoms with Crippen molar-refractivity contribution in [2.75, 3.05) is 12.4 Å². The maximum Gasteiger partial charge on any atom is 0.0638 e. The van der Waals surface area contributed by atoms with Gasteiger partial charge in [-0.2, -0.15) is 0 Å². The van der Waals surface area contributed by atoms with Gasteiger partial charge in [0.2, 0.25) is 0 Å². The standard InChI is InChI=1S/C12H16OS/c13-10-12(8-4-5-9-14-12)11-6-2-1-3-7-11/h1-3,6-7,13H,4-5,8-10H2. The summed E-state index contributed by atoms with van der Waals surface area (Å²) >= 11 is 1.91. The first-order valence-electron chi connectivity index (χ1n) is 5.18. The van der Waals surface area contributed by atoms with Crippen molar-refractivity contribution >= 4 is 11.8 Å². The first-order valence-corrected chi connectivity index (χ1v) is 6.16. The number of aliphatic hydroxyl groups is 1. The molecule has 76 valence electrons. The lowest BCUT2D eigenvalue weighted by atomic mass is 9.93. The zero-order chi connectivity index (χ0) is 9.86. The van der Waals surface area contributed by atoms with E-state index in [4.69, 9.17) is 0 Å². The summed E-state index contributed by atoms with van der Waals surface area (Å²) in [4.78, 5) is 0. The Morgan fingerprint density at radius 3 is 2.57 bits per heavy atom. The second-order valence-corrected chi connectivity index (χ2v) is 5.30. The fourth-order valence-corrected chi connectivity index (χ4v) is 3.46. The summed E-state index contributed by atoms with van der Waals surface area (Å²) in [6.45, 7) is 0.266. The first-order chi connectivity index (χ1) is 6.87. The SMILES string of the molecule is OCC1(c2ccccc2)CCCCS1. The average Bonchev–Trinajstić information content (AvgIpc) is 2.31. The quantitative estimate of drug-likeness (QED) is 0.806. The molecule has 0 amide bonds. The predicted octanol–water partition coefficient (Wildman–Crippen LogP) is 2.79. The molecule has 1 atom stereocenters. The number of thioether (sulfide) groups is 1. The largest absolute Gasteiger partial charge is 0.395 e. The molecule has 0 aliphatic carbocycles. The fraction of sp³-hybridized carbons (Fsp3) is 0.500. The molecule has 1 heterocycles. The Bertz CT molecular complexity index is 278. The fourth-order valence-electron chi connectivity index (χ4n) is 2.04. The second-order valence-electron chi connectivity index (χ2n) is 3.82. The summed E-state index contributed by atoms with van der Waals surface area (Å²) in [5, 5.41) is 9.57. The minimum atomic E-state index is -0.0144. The van der Waals surface area contributed by atoms with E-state index in [1.165, 1.54) is 24.2 Å². The zero-order valence-corrected chi connectivity index (χ0v) is 9.09. The Morgan fingerprint density at radius 1 is 1.21 bits per heavy atom. The molecule has 1 nitrogen and oxygen atoms in total. The van der Waals surface area contributed by atoms with Crippen LogP contribution in [0.3, 0.4) is 0 Å². The van der Waals surface area contributed by atoms with Crippen LogP contribution in [0.1, 0.15) is 24.8 Å². The van der Waals surface area contributed by atoms with Crippen LogP contribution in [0.15, 0.2) is 30.3 Å². The third-order valence-electron chi connectivity index (χ3n) is 2.91. The molecule has 0 bridgehead atoms. The van der Waals surface area contributed by atoms with Gasteiger partial charge in [-0.15, -0.1) is 11.8 Å². The lowest BCUT2D eigenvalue weighted by Crippen LogP contribution is -2.29. The van der Waals surface area contributed by atoms with Gasteiger partial charge in [0.1, 0.15) is 0 Å². The summed E-state index contributed by atoms with van der Waals surface area (Å²) in [6.07, 6.45) is 3.64. The smallest absolute Gasteiger partial charge is 0.0638 e. The van der Waals surface area contributed by atoms with Crippen LogP contribution in [0.25, 0.3) is 0 Å². The van der Waals surface area contributed by atoms with Crippen LogP contribution in [-0.4, -0.2) is 17.5 Å². The average molecular weight is 208 g/mol. The van der Waals surface area contributed by atoms with Crippen molar-refractivity contribution in [1.82, 2.24) is 0 Å². The molecule has 1 aliphatic rings. The van der Waals surface area contributed by atoms with E-state index in [-0.39, 0.29) is 11.4 Å². The van der Waals surface area contributed by atoms with E-state index >= 15 is 0 Å². The highest BCUT2D eigenvalue weighted by Crippen LogP contribution is 2.44. The molecule has 2 heteroatoms. The van der Waals surface area contributed by atoms with Crippen LogP contribution >= 0.6 is 11.8 Å². The van der Waals surface area contributed by atoms with E-state index in [0.717, 1.165) is 6.42 Å². The van der Waals surface area contributed by atoms with Crippen molar-refractivity contribution in [3.63, 3.8) is 0 Å². The predicted molar refractivity (Wildman–Crippen MR) is 61.5 cm³/mol. The molecule has 0 aromatic heterocycles. The van der Waals surface area contributed by atoms with Crippen molar-refractivity contribution in [2.45, 2.75) is 24.0 Å². The van der Waals surface area contributed by atoms with E-state index in [1.807, 2.05) is 17.8 Å². The number of hydrogen-bond acceptors (Lipinski definition) is 2. The number of hydrogen-bond donors (Lipinski definition) is 1. The molecule has 14 heavy (non-hydrogen) atoms. The van der Waals surface area contributed by atoms with Crippen LogP contribution in [0.4, 0.5) is 0 Å². The van der Waals surface area contributed by atoms with Gasteiger partial charge in [-0.3, -0.25) is 0 Å². The molecule has 1 fully saturated rings. The Hall–Kier alpha value is -0.470. The lowest BCUT2D eigenvalue weighted by molar-refractivity contribution is 0.236. The summed E-state index contributed by atoms with van der Waals surface area (Å²) in [5.74, 6) is 1.18. The molecule has 1 aliphatic heterocycles. The Morgan fingerprint density at radius 2 is 2.00 bits per heavy atom. The van der Waals surface area contributed by atoms with Crippen molar-refractivity contribution in [3.8, 4) is 0 Å². The van der Waals surface area contributed by atoms with Gasteiger partial charge in [0.05, 0.1) is 11.4 Å². The Balaban J connectivity index is 2.27. The minimum absolute atomic E-state index is 0.0144. The molecule has 1 unspecified atom stereocenters. The highest BCUT2D eigenvalue weighted by Gasteiger charge is 2.33. The van der Waals surface area contributed by atoms with Gasteiger partial charge in [-0.05, 0) is 24.2 Å². The lowest BCUT2D eigenvalue weighted by Gasteiger charge is -2.35. The second kappa shape index (κ2) is 4.37.